The van der Waals surface area contributed by atoms with Crippen LogP contribution in [0.15, 0.2) is 18.2 Å². The van der Waals surface area contributed by atoms with Crippen molar-refractivity contribution >= 4 is 0 Å². The summed E-state index contributed by atoms with van der Waals surface area (Å²) in [4.78, 5) is 0. The van der Waals surface area contributed by atoms with E-state index >= 15 is 0 Å². The van der Waals surface area contributed by atoms with Crippen molar-refractivity contribution in [2.24, 2.45) is 11.7 Å². The van der Waals surface area contributed by atoms with Crippen LogP contribution in [-0.4, -0.2) is 12.6 Å². The van der Waals surface area contributed by atoms with Crippen LogP contribution in [0.1, 0.15) is 30.4 Å². The molecule has 2 heteroatoms. The van der Waals surface area contributed by atoms with E-state index < -0.39 is 0 Å². The number of hydrogen-bond donors (Lipinski definition) is 1. The molecule has 2 rings (SSSR count). The zero-order valence-electron chi connectivity index (χ0n) is 10.2. The molecule has 1 saturated carbocycles. The molecule has 0 aliphatic heterocycles. The van der Waals surface area contributed by atoms with Crippen LogP contribution in [0.3, 0.4) is 0 Å². The van der Waals surface area contributed by atoms with Gasteiger partial charge >= 0.3 is 0 Å². The molecule has 0 saturated heterocycles. The molecular weight excluding hydrogens is 198 g/mol. The van der Waals surface area contributed by atoms with E-state index in [0.717, 1.165) is 18.7 Å². The van der Waals surface area contributed by atoms with Crippen LogP contribution in [0.2, 0.25) is 0 Å². The summed E-state index contributed by atoms with van der Waals surface area (Å²) in [6.45, 7) is 4.96. The van der Waals surface area contributed by atoms with E-state index in [1.807, 2.05) is 0 Å². The average Bonchev–Trinajstić information content (AvgIpc) is 2.69. The van der Waals surface area contributed by atoms with Crippen molar-refractivity contribution in [3.05, 3.63) is 29.3 Å². The predicted octanol–water partition coefficient (Wildman–Crippen LogP) is 2.81. The van der Waals surface area contributed by atoms with Gasteiger partial charge in [0.05, 0.1) is 0 Å². The number of aryl methyl sites for hydroxylation is 2. The van der Waals surface area contributed by atoms with Crippen LogP contribution < -0.4 is 10.5 Å². The maximum absolute atomic E-state index is 6.08. The monoisotopic (exact) mass is 219 g/mol. The largest absolute Gasteiger partial charge is 0.490 e. The summed E-state index contributed by atoms with van der Waals surface area (Å²) in [6, 6.07) is 6.35. The van der Waals surface area contributed by atoms with E-state index in [0.29, 0.717) is 12.0 Å². The summed E-state index contributed by atoms with van der Waals surface area (Å²) in [5.74, 6) is 1.57. The smallest absolute Gasteiger partial charge is 0.122 e. The van der Waals surface area contributed by atoms with Crippen LogP contribution in [0, 0.1) is 19.8 Å². The predicted molar refractivity (Wildman–Crippen MR) is 66.7 cm³/mol. The summed E-state index contributed by atoms with van der Waals surface area (Å²) in [6.07, 6.45) is 3.94. The van der Waals surface area contributed by atoms with Gasteiger partial charge in [0.2, 0.25) is 0 Å². The highest BCUT2D eigenvalue weighted by atomic mass is 16.5. The standard InChI is InChI=1S/C14H21NO/c1-10-6-7-13(11(2)8-10)16-14-5-3-4-12(14)9-15/h6-8,12,14H,3-5,9,15H2,1-2H3. The molecule has 1 aromatic carbocycles. The highest BCUT2D eigenvalue weighted by Gasteiger charge is 2.27. The van der Waals surface area contributed by atoms with Crippen molar-refractivity contribution in [3.63, 3.8) is 0 Å². The van der Waals surface area contributed by atoms with Crippen LogP contribution in [0.5, 0.6) is 5.75 Å². The third kappa shape index (κ3) is 2.38. The Labute approximate surface area is 97.8 Å². The fraction of sp³-hybridized carbons (Fsp3) is 0.571. The summed E-state index contributed by atoms with van der Waals surface area (Å²) in [5, 5.41) is 0. The molecule has 1 aliphatic carbocycles. The van der Waals surface area contributed by atoms with Gasteiger partial charge in [-0.15, -0.1) is 0 Å². The van der Waals surface area contributed by atoms with Crippen molar-refractivity contribution in [2.75, 3.05) is 6.54 Å². The molecule has 1 aromatic rings. The van der Waals surface area contributed by atoms with Gasteiger partial charge in [-0.05, 0) is 51.3 Å². The second-order valence-corrected chi connectivity index (χ2v) is 4.85. The van der Waals surface area contributed by atoms with Crippen LogP contribution in [0.4, 0.5) is 0 Å². The number of hydrogen-bond acceptors (Lipinski definition) is 2. The van der Waals surface area contributed by atoms with E-state index in [1.54, 1.807) is 0 Å². The van der Waals surface area contributed by atoms with Crippen molar-refractivity contribution in [1.29, 1.82) is 0 Å². The number of ether oxygens (including phenoxy) is 1. The molecule has 0 bridgehead atoms. The highest BCUT2D eigenvalue weighted by Crippen LogP contribution is 2.30. The lowest BCUT2D eigenvalue weighted by atomic mass is 10.1. The molecule has 0 spiro atoms. The fourth-order valence-corrected chi connectivity index (χ4v) is 2.52. The molecular formula is C14H21NO. The number of benzene rings is 1. The normalized spacial score (nSPS) is 24.7. The summed E-state index contributed by atoms with van der Waals surface area (Å²) < 4.78 is 6.08. The highest BCUT2D eigenvalue weighted by molar-refractivity contribution is 5.35. The first-order chi connectivity index (χ1) is 7.70. The molecule has 16 heavy (non-hydrogen) atoms. The maximum atomic E-state index is 6.08. The molecule has 0 amide bonds. The number of rotatable bonds is 3. The molecule has 88 valence electrons. The van der Waals surface area contributed by atoms with E-state index in [2.05, 4.69) is 32.0 Å². The minimum atomic E-state index is 0.325. The topological polar surface area (TPSA) is 35.2 Å². The third-order valence-electron chi connectivity index (χ3n) is 3.50. The zero-order chi connectivity index (χ0) is 11.5. The third-order valence-corrected chi connectivity index (χ3v) is 3.50. The Balaban J connectivity index is 2.08. The lowest BCUT2D eigenvalue weighted by Crippen LogP contribution is -2.27. The first-order valence-electron chi connectivity index (χ1n) is 6.14. The van der Waals surface area contributed by atoms with Crippen LogP contribution in [-0.2, 0) is 0 Å². The maximum Gasteiger partial charge on any atom is 0.122 e. The van der Waals surface area contributed by atoms with Gasteiger partial charge in [-0.1, -0.05) is 17.7 Å². The van der Waals surface area contributed by atoms with E-state index in [4.69, 9.17) is 10.5 Å². The minimum Gasteiger partial charge on any atom is -0.490 e. The molecule has 0 aromatic heterocycles. The first-order valence-corrected chi connectivity index (χ1v) is 6.14. The van der Waals surface area contributed by atoms with E-state index in [9.17, 15) is 0 Å². The summed E-state index contributed by atoms with van der Waals surface area (Å²) in [7, 11) is 0. The van der Waals surface area contributed by atoms with Gasteiger partial charge in [0.25, 0.3) is 0 Å². The first kappa shape index (κ1) is 11.5. The Morgan fingerprint density at radius 3 is 2.81 bits per heavy atom. The quantitative estimate of drug-likeness (QED) is 0.848. The van der Waals surface area contributed by atoms with Crippen molar-refractivity contribution < 1.29 is 4.74 Å². The molecule has 1 fully saturated rings. The molecule has 0 radical (unpaired) electrons. The Morgan fingerprint density at radius 1 is 1.31 bits per heavy atom. The lowest BCUT2D eigenvalue weighted by molar-refractivity contribution is 0.161. The Bertz CT molecular complexity index is 362. The van der Waals surface area contributed by atoms with Gasteiger partial charge in [-0.2, -0.15) is 0 Å². The summed E-state index contributed by atoms with van der Waals surface area (Å²) in [5.41, 5.74) is 8.27. The molecule has 2 atom stereocenters. The SMILES string of the molecule is Cc1ccc(OC2CCCC2CN)c(C)c1. The van der Waals surface area contributed by atoms with E-state index in [-0.39, 0.29) is 0 Å². The molecule has 1 aliphatic rings. The molecule has 2 unspecified atom stereocenters. The van der Waals surface area contributed by atoms with Gasteiger partial charge in [0.1, 0.15) is 11.9 Å². The van der Waals surface area contributed by atoms with Gasteiger partial charge in [0, 0.05) is 5.92 Å². The molecule has 2 nitrogen and oxygen atoms in total. The van der Waals surface area contributed by atoms with E-state index in [1.165, 1.54) is 24.0 Å². The van der Waals surface area contributed by atoms with Crippen molar-refractivity contribution in [1.82, 2.24) is 0 Å². The Morgan fingerprint density at radius 2 is 2.12 bits per heavy atom. The van der Waals surface area contributed by atoms with Gasteiger partial charge in [-0.3, -0.25) is 0 Å². The lowest BCUT2D eigenvalue weighted by Gasteiger charge is -2.21. The van der Waals surface area contributed by atoms with Gasteiger partial charge in [-0.25, -0.2) is 0 Å². The zero-order valence-corrected chi connectivity index (χ0v) is 10.2. The number of nitrogens with two attached hydrogens (primary N) is 1. The Kier molecular flexibility index (Phi) is 3.49. The van der Waals surface area contributed by atoms with Crippen molar-refractivity contribution in [2.45, 2.75) is 39.2 Å². The van der Waals surface area contributed by atoms with Crippen LogP contribution >= 0.6 is 0 Å². The van der Waals surface area contributed by atoms with Crippen molar-refractivity contribution in [3.8, 4) is 5.75 Å². The Hall–Kier alpha value is -1.02. The van der Waals surface area contributed by atoms with Crippen LogP contribution in [0.25, 0.3) is 0 Å². The average molecular weight is 219 g/mol. The molecule has 0 heterocycles. The minimum absolute atomic E-state index is 0.325. The van der Waals surface area contributed by atoms with Gasteiger partial charge in [0.15, 0.2) is 0 Å². The second kappa shape index (κ2) is 4.88. The second-order valence-electron chi connectivity index (χ2n) is 4.85. The fourth-order valence-electron chi connectivity index (χ4n) is 2.52. The van der Waals surface area contributed by atoms with Gasteiger partial charge < -0.3 is 10.5 Å². The summed E-state index contributed by atoms with van der Waals surface area (Å²) >= 11 is 0. The molecule has 2 N–H and O–H groups in total.